The summed E-state index contributed by atoms with van der Waals surface area (Å²) < 4.78 is 29.5. The van der Waals surface area contributed by atoms with E-state index in [4.69, 9.17) is 9.47 Å². The van der Waals surface area contributed by atoms with Gasteiger partial charge in [-0.15, -0.1) is 0 Å². The molecule has 2 rings (SSSR count). The molecule has 22 heavy (non-hydrogen) atoms. The van der Waals surface area contributed by atoms with Crippen LogP contribution in [0.3, 0.4) is 0 Å². The van der Waals surface area contributed by atoms with Gasteiger partial charge in [-0.3, -0.25) is 0 Å². The van der Waals surface area contributed by atoms with Crippen LogP contribution >= 0.6 is 22.6 Å². The van der Waals surface area contributed by atoms with Crippen molar-refractivity contribution < 1.29 is 28.2 Å². The second kappa shape index (κ2) is 7.05. The van der Waals surface area contributed by atoms with Crippen molar-refractivity contribution in [3.05, 3.63) is 38.9 Å². The van der Waals surface area contributed by atoms with Gasteiger partial charge in [-0.2, -0.15) is 0 Å². The molecule has 1 aliphatic heterocycles. The van der Waals surface area contributed by atoms with Crippen LogP contribution in [0.15, 0.2) is 29.5 Å². The van der Waals surface area contributed by atoms with E-state index < -0.39 is 17.8 Å². The fourth-order valence-corrected chi connectivity index (χ4v) is 2.49. The molecule has 0 saturated carbocycles. The molecule has 0 aliphatic carbocycles. The molecule has 0 radical (unpaired) electrons. The lowest BCUT2D eigenvalue weighted by Gasteiger charge is -2.31. The molecular weight excluding hydrogens is 408 g/mol. The Morgan fingerprint density at radius 3 is 2.55 bits per heavy atom. The van der Waals surface area contributed by atoms with E-state index in [0.717, 1.165) is 0 Å². The molecule has 0 spiro atoms. The number of benzene rings is 1. The Hall–Kier alpha value is -1.68. The van der Waals surface area contributed by atoms with Gasteiger partial charge in [0.1, 0.15) is 18.2 Å². The van der Waals surface area contributed by atoms with Crippen LogP contribution in [0.4, 0.5) is 10.1 Å². The SMILES string of the molecule is COC(=O)C1=C(C(=O)OC)N(c2ccc(I)cc2F)COC1. The third-order valence-corrected chi connectivity index (χ3v) is 3.70. The number of methoxy groups -OCH3 is 2. The summed E-state index contributed by atoms with van der Waals surface area (Å²) in [5, 5.41) is 0. The van der Waals surface area contributed by atoms with Crippen LogP contribution in [0.5, 0.6) is 0 Å². The maximum Gasteiger partial charge on any atom is 0.355 e. The minimum absolute atomic E-state index is 0.0152. The molecule has 118 valence electrons. The van der Waals surface area contributed by atoms with Crippen molar-refractivity contribution >= 4 is 40.2 Å². The molecule has 0 atom stereocenters. The Kier molecular flexibility index (Phi) is 5.35. The summed E-state index contributed by atoms with van der Waals surface area (Å²) in [6, 6.07) is 4.50. The van der Waals surface area contributed by atoms with Crippen LogP contribution in [0.2, 0.25) is 0 Å². The average molecular weight is 421 g/mol. The molecule has 0 saturated heterocycles. The number of hydrogen-bond acceptors (Lipinski definition) is 6. The standard InChI is InChI=1S/C14H13FINO5/c1-20-13(18)9-6-22-7-17(12(9)14(19)21-2)11-4-3-8(16)5-10(11)15/h3-5H,6-7H2,1-2H3. The fraction of sp³-hybridized carbons (Fsp3) is 0.286. The van der Waals surface area contributed by atoms with Crippen molar-refractivity contribution in [2.24, 2.45) is 0 Å². The van der Waals surface area contributed by atoms with Crippen molar-refractivity contribution in [3.8, 4) is 0 Å². The van der Waals surface area contributed by atoms with Gasteiger partial charge in [0.15, 0.2) is 0 Å². The molecular formula is C14H13FINO5. The molecule has 0 N–H and O–H groups in total. The van der Waals surface area contributed by atoms with Gasteiger partial charge in [-0.05, 0) is 40.8 Å². The highest BCUT2D eigenvalue weighted by atomic mass is 127. The molecule has 6 nitrogen and oxygen atoms in total. The van der Waals surface area contributed by atoms with Crippen LogP contribution in [0, 0.1) is 9.39 Å². The second-order valence-electron chi connectivity index (χ2n) is 4.31. The van der Waals surface area contributed by atoms with Gasteiger partial charge in [0, 0.05) is 3.57 Å². The molecule has 0 aromatic heterocycles. The van der Waals surface area contributed by atoms with Gasteiger partial charge >= 0.3 is 11.9 Å². The van der Waals surface area contributed by atoms with Gasteiger partial charge in [0.05, 0.1) is 32.1 Å². The first kappa shape index (κ1) is 16.7. The first-order chi connectivity index (χ1) is 10.5. The zero-order valence-electron chi connectivity index (χ0n) is 11.9. The lowest BCUT2D eigenvalue weighted by atomic mass is 10.1. The van der Waals surface area contributed by atoms with Crippen molar-refractivity contribution in [2.75, 3.05) is 32.5 Å². The number of nitrogens with zero attached hydrogens (tertiary/aromatic N) is 1. The Labute approximate surface area is 140 Å². The van der Waals surface area contributed by atoms with Crippen molar-refractivity contribution in [1.29, 1.82) is 0 Å². The normalized spacial score (nSPS) is 14.8. The van der Waals surface area contributed by atoms with Crippen molar-refractivity contribution in [3.63, 3.8) is 0 Å². The molecule has 1 heterocycles. The Morgan fingerprint density at radius 1 is 1.27 bits per heavy atom. The Bertz CT molecular complexity index is 646. The number of rotatable bonds is 3. The lowest BCUT2D eigenvalue weighted by molar-refractivity contribution is -0.140. The summed E-state index contributed by atoms with van der Waals surface area (Å²) in [6.45, 7) is -0.192. The van der Waals surface area contributed by atoms with Crippen LogP contribution in [0.1, 0.15) is 0 Å². The first-order valence-corrected chi connectivity index (χ1v) is 7.27. The third kappa shape index (κ3) is 3.22. The zero-order valence-corrected chi connectivity index (χ0v) is 14.0. The first-order valence-electron chi connectivity index (χ1n) is 6.19. The molecule has 0 amide bonds. The van der Waals surface area contributed by atoms with Crippen molar-refractivity contribution in [1.82, 2.24) is 0 Å². The number of anilines is 1. The Morgan fingerprint density at radius 2 is 1.95 bits per heavy atom. The van der Waals surface area contributed by atoms with Gasteiger partial charge in [-0.1, -0.05) is 0 Å². The van der Waals surface area contributed by atoms with E-state index in [1.165, 1.54) is 31.3 Å². The third-order valence-electron chi connectivity index (χ3n) is 3.03. The molecule has 0 unspecified atom stereocenters. The summed E-state index contributed by atoms with van der Waals surface area (Å²) >= 11 is 1.97. The maximum absolute atomic E-state index is 14.2. The fourth-order valence-electron chi connectivity index (χ4n) is 2.03. The minimum atomic E-state index is -0.762. The molecule has 0 fully saturated rings. The van der Waals surface area contributed by atoms with Crippen molar-refractivity contribution in [2.45, 2.75) is 0 Å². The molecule has 8 heteroatoms. The van der Waals surface area contributed by atoms with Crippen LogP contribution < -0.4 is 4.90 Å². The van der Waals surface area contributed by atoms with Gasteiger partial charge in [-0.25, -0.2) is 14.0 Å². The van der Waals surface area contributed by atoms with Gasteiger partial charge in [0.2, 0.25) is 0 Å². The summed E-state index contributed by atoms with van der Waals surface area (Å²) in [6.07, 6.45) is 0. The van der Waals surface area contributed by atoms with Gasteiger partial charge in [0.25, 0.3) is 0 Å². The summed E-state index contributed by atoms with van der Waals surface area (Å²) in [4.78, 5) is 25.1. The second-order valence-corrected chi connectivity index (χ2v) is 5.56. The van der Waals surface area contributed by atoms with E-state index >= 15 is 0 Å². The number of ether oxygens (including phenoxy) is 3. The van der Waals surface area contributed by atoms with E-state index in [1.54, 1.807) is 6.07 Å². The average Bonchev–Trinajstić information content (AvgIpc) is 2.52. The van der Waals surface area contributed by atoms with E-state index in [9.17, 15) is 14.0 Å². The quantitative estimate of drug-likeness (QED) is 0.548. The highest BCUT2D eigenvalue weighted by Gasteiger charge is 2.33. The number of carbonyl (C=O) groups is 2. The Balaban J connectivity index is 2.57. The van der Waals surface area contributed by atoms with Crippen LogP contribution in [0.25, 0.3) is 0 Å². The van der Waals surface area contributed by atoms with E-state index in [2.05, 4.69) is 4.74 Å². The predicted molar refractivity (Wildman–Crippen MR) is 83.5 cm³/mol. The summed E-state index contributed by atoms with van der Waals surface area (Å²) in [5.74, 6) is -2.03. The smallest absolute Gasteiger partial charge is 0.355 e. The topological polar surface area (TPSA) is 65.1 Å². The minimum Gasteiger partial charge on any atom is -0.466 e. The molecule has 0 bridgehead atoms. The number of halogens is 2. The van der Waals surface area contributed by atoms with Crippen LogP contribution in [-0.2, 0) is 23.8 Å². The van der Waals surface area contributed by atoms with E-state index in [1.807, 2.05) is 22.6 Å². The van der Waals surface area contributed by atoms with Crippen LogP contribution in [-0.4, -0.2) is 39.5 Å². The van der Waals surface area contributed by atoms with E-state index in [-0.39, 0.29) is 30.3 Å². The summed E-state index contributed by atoms with van der Waals surface area (Å²) in [5.41, 5.74) is 0.0150. The van der Waals surface area contributed by atoms with Gasteiger partial charge < -0.3 is 19.1 Å². The zero-order chi connectivity index (χ0) is 16.3. The molecule has 1 aromatic rings. The highest BCUT2D eigenvalue weighted by molar-refractivity contribution is 14.1. The highest BCUT2D eigenvalue weighted by Crippen LogP contribution is 2.29. The number of esters is 2. The molecule has 1 aromatic carbocycles. The largest absolute Gasteiger partial charge is 0.466 e. The predicted octanol–water partition coefficient (Wildman–Crippen LogP) is 1.82. The summed E-state index contributed by atoms with van der Waals surface area (Å²) in [7, 11) is 2.37. The number of carbonyl (C=O) groups excluding carboxylic acids is 2. The monoisotopic (exact) mass is 421 g/mol. The lowest BCUT2D eigenvalue weighted by Crippen LogP contribution is -2.39. The maximum atomic E-state index is 14.2. The molecule has 1 aliphatic rings. The number of hydrogen-bond donors (Lipinski definition) is 0. The van der Waals surface area contributed by atoms with E-state index in [0.29, 0.717) is 3.57 Å².